The Morgan fingerprint density at radius 3 is 2.67 bits per heavy atom. The molecule has 1 aliphatic rings. The molecule has 1 aromatic carbocycles. The number of hydrogen-bond donors (Lipinski definition) is 2. The van der Waals surface area contributed by atoms with E-state index in [9.17, 15) is 21.6 Å². The molecule has 1 atom stereocenters. The molecule has 1 heterocycles. The van der Waals surface area contributed by atoms with Crippen LogP contribution in [0.5, 0.6) is 5.75 Å². The molecular formula is C13H17ClN2O6S2. The fourth-order valence-electron chi connectivity index (χ4n) is 2.25. The number of rotatable bonds is 6. The largest absolute Gasteiger partial charge is 0.495 e. The van der Waals surface area contributed by atoms with Gasteiger partial charge in [0.15, 0.2) is 9.84 Å². The molecule has 11 heteroatoms. The summed E-state index contributed by atoms with van der Waals surface area (Å²) in [6, 6.07) is 3.43. The normalized spacial score (nSPS) is 19.8. The van der Waals surface area contributed by atoms with E-state index in [1.165, 1.54) is 25.3 Å². The number of ether oxygens (including phenoxy) is 1. The Morgan fingerprint density at radius 1 is 1.42 bits per heavy atom. The highest BCUT2D eigenvalue weighted by Crippen LogP contribution is 2.26. The van der Waals surface area contributed by atoms with Crippen molar-refractivity contribution in [3.63, 3.8) is 0 Å². The van der Waals surface area contributed by atoms with Gasteiger partial charge in [-0.3, -0.25) is 4.79 Å². The van der Waals surface area contributed by atoms with Crippen molar-refractivity contribution in [1.82, 2.24) is 10.0 Å². The van der Waals surface area contributed by atoms with Crippen molar-refractivity contribution in [2.24, 2.45) is 0 Å². The van der Waals surface area contributed by atoms with Crippen LogP contribution >= 0.6 is 11.6 Å². The number of hydrogen-bond acceptors (Lipinski definition) is 6. The molecule has 0 radical (unpaired) electrons. The summed E-state index contributed by atoms with van der Waals surface area (Å²) in [6.07, 6.45) is 0.328. The predicted octanol–water partition coefficient (Wildman–Crippen LogP) is -0.0698. The molecule has 1 aliphatic heterocycles. The number of sulfone groups is 1. The third kappa shape index (κ3) is 4.82. The van der Waals surface area contributed by atoms with Crippen LogP contribution in [-0.2, 0) is 24.7 Å². The summed E-state index contributed by atoms with van der Waals surface area (Å²) < 4.78 is 54.0. The summed E-state index contributed by atoms with van der Waals surface area (Å²) >= 11 is 5.89. The van der Waals surface area contributed by atoms with Gasteiger partial charge in [-0.15, -0.1) is 0 Å². The minimum absolute atomic E-state index is 0.0218. The highest BCUT2D eigenvalue weighted by Gasteiger charge is 2.29. The van der Waals surface area contributed by atoms with Crippen LogP contribution in [0.2, 0.25) is 5.02 Å². The van der Waals surface area contributed by atoms with Gasteiger partial charge >= 0.3 is 0 Å². The maximum Gasteiger partial charge on any atom is 0.241 e. The Bertz CT molecular complexity index is 838. The number of sulfonamides is 1. The van der Waals surface area contributed by atoms with Gasteiger partial charge in [-0.1, -0.05) is 11.6 Å². The van der Waals surface area contributed by atoms with Gasteiger partial charge in [0, 0.05) is 6.04 Å². The van der Waals surface area contributed by atoms with Crippen LogP contribution in [0, 0.1) is 0 Å². The molecule has 24 heavy (non-hydrogen) atoms. The molecule has 134 valence electrons. The fourth-order valence-corrected chi connectivity index (χ4v) is 5.25. The van der Waals surface area contributed by atoms with Crippen LogP contribution in [0.15, 0.2) is 23.1 Å². The lowest BCUT2D eigenvalue weighted by Gasteiger charge is -2.12. The number of nitrogens with one attached hydrogen (secondary N) is 2. The minimum atomic E-state index is -3.93. The first-order chi connectivity index (χ1) is 11.1. The number of amides is 1. The molecular weight excluding hydrogens is 380 g/mol. The van der Waals surface area contributed by atoms with E-state index in [0.717, 1.165) is 0 Å². The number of carbonyl (C=O) groups is 1. The van der Waals surface area contributed by atoms with Crippen LogP contribution in [0.3, 0.4) is 0 Å². The Balaban J connectivity index is 1.95. The second kappa shape index (κ2) is 7.26. The van der Waals surface area contributed by atoms with Crippen molar-refractivity contribution in [3.8, 4) is 5.75 Å². The Kier molecular flexibility index (Phi) is 5.74. The van der Waals surface area contributed by atoms with Gasteiger partial charge in [-0.05, 0) is 24.6 Å². The molecule has 0 aliphatic carbocycles. The Hall–Kier alpha value is -1.36. The first kappa shape index (κ1) is 19.0. The molecule has 2 rings (SSSR count). The van der Waals surface area contributed by atoms with E-state index in [0.29, 0.717) is 12.2 Å². The van der Waals surface area contributed by atoms with Gasteiger partial charge < -0.3 is 10.1 Å². The van der Waals surface area contributed by atoms with Gasteiger partial charge in [-0.25, -0.2) is 21.6 Å². The highest BCUT2D eigenvalue weighted by molar-refractivity contribution is 7.91. The number of methoxy groups -OCH3 is 1. The van der Waals surface area contributed by atoms with Crippen LogP contribution < -0.4 is 14.8 Å². The van der Waals surface area contributed by atoms with E-state index in [1.807, 2.05) is 0 Å². The smallest absolute Gasteiger partial charge is 0.241 e. The Labute approximate surface area is 145 Å². The van der Waals surface area contributed by atoms with Crippen LogP contribution in [0.1, 0.15) is 6.42 Å². The average molecular weight is 397 g/mol. The number of halogens is 1. The van der Waals surface area contributed by atoms with Crippen LogP contribution in [0.4, 0.5) is 0 Å². The zero-order valence-corrected chi connectivity index (χ0v) is 15.2. The zero-order valence-electron chi connectivity index (χ0n) is 12.8. The second-order valence-corrected chi connectivity index (χ2v) is 9.69. The molecule has 1 saturated heterocycles. The van der Waals surface area contributed by atoms with Crippen LogP contribution in [0.25, 0.3) is 0 Å². The van der Waals surface area contributed by atoms with Gasteiger partial charge in [0.2, 0.25) is 15.9 Å². The molecule has 1 aromatic rings. The Morgan fingerprint density at radius 2 is 2.12 bits per heavy atom. The summed E-state index contributed by atoms with van der Waals surface area (Å²) in [5.74, 6) is -0.371. The fraction of sp³-hybridized carbons (Fsp3) is 0.462. The van der Waals surface area contributed by atoms with Gasteiger partial charge in [0.1, 0.15) is 5.75 Å². The highest BCUT2D eigenvalue weighted by atomic mass is 35.5. The zero-order chi connectivity index (χ0) is 18.0. The molecule has 1 unspecified atom stereocenters. The lowest BCUT2D eigenvalue weighted by Crippen LogP contribution is -2.42. The average Bonchev–Trinajstić information content (AvgIpc) is 2.84. The monoisotopic (exact) mass is 396 g/mol. The third-order valence-corrected chi connectivity index (χ3v) is 6.92. The standard InChI is InChI=1S/C13H17ClN2O6S2/c1-22-12-3-2-10(6-11(12)14)24(20,21)15-7-13(17)16-9-4-5-23(18,19)8-9/h2-3,6,9,15H,4-5,7-8H2,1H3,(H,16,17). The molecule has 0 saturated carbocycles. The van der Waals surface area contributed by atoms with E-state index in [1.54, 1.807) is 0 Å². The predicted molar refractivity (Wildman–Crippen MR) is 88.4 cm³/mol. The number of benzene rings is 1. The lowest BCUT2D eigenvalue weighted by atomic mass is 10.2. The maximum atomic E-state index is 12.1. The van der Waals surface area contributed by atoms with Crippen LogP contribution in [-0.4, -0.2) is 53.9 Å². The van der Waals surface area contributed by atoms with E-state index in [4.69, 9.17) is 16.3 Å². The van der Waals surface area contributed by atoms with E-state index in [2.05, 4.69) is 10.0 Å². The minimum Gasteiger partial charge on any atom is -0.495 e. The first-order valence-corrected chi connectivity index (χ1v) is 10.6. The molecule has 0 aromatic heterocycles. The van der Waals surface area contributed by atoms with Crippen molar-refractivity contribution < 1.29 is 26.4 Å². The van der Waals surface area contributed by atoms with Crippen molar-refractivity contribution >= 4 is 37.4 Å². The van der Waals surface area contributed by atoms with Gasteiger partial charge in [0.25, 0.3) is 0 Å². The summed E-state index contributed by atoms with van der Waals surface area (Å²) in [4.78, 5) is 11.7. The van der Waals surface area contributed by atoms with Crippen molar-refractivity contribution in [2.75, 3.05) is 25.2 Å². The molecule has 1 fully saturated rings. The maximum absolute atomic E-state index is 12.1. The molecule has 1 amide bonds. The third-order valence-electron chi connectivity index (χ3n) is 3.45. The topological polar surface area (TPSA) is 119 Å². The summed E-state index contributed by atoms with van der Waals surface area (Å²) in [5, 5.41) is 2.62. The second-order valence-electron chi connectivity index (χ2n) is 5.29. The number of carbonyl (C=O) groups excluding carboxylic acids is 1. The molecule has 8 nitrogen and oxygen atoms in total. The quantitative estimate of drug-likeness (QED) is 0.694. The lowest BCUT2D eigenvalue weighted by molar-refractivity contribution is -0.120. The molecule has 2 N–H and O–H groups in total. The van der Waals surface area contributed by atoms with E-state index >= 15 is 0 Å². The van der Waals surface area contributed by atoms with Crippen molar-refractivity contribution in [1.29, 1.82) is 0 Å². The summed E-state index contributed by atoms with van der Waals surface area (Å²) in [6.45, 7) is -0.497. The SMILES string of the molecule is COc1ccc(S(=O)(=O)NCC(=O)NC2CCS(=O)(=O)C2)cc1Cl. The first-order valence-electron chi connectivity index (χ1n) is 6.96. The van der Waals surface area contributed by atoms with Gasteiger partial charge in [-0.2, -0.15) is 0 Å². The van der Waals surface area contributed by atoms with E-state index < -0.39 is 38.4 Å². The summed E-state index contributed by atoms with van der Waals surface area (Å²) in [7, 11) is -5.64. The summed E-state index contributed by atoms with van der Waals surface area (Å²) in [5.41, 5.74) is 0. The molecule has 0 bridgehead atoms. The van der Waals surface area contributed by atoms with Gasteiger partial charge in [0.05, 0.1) is 35.1 Å². The van der Waals surface area contributed by atoms with E-state index in [-0.39, 0.29) is 21.4 Å². The molecule has 0 spiro atoms. The van der Waals surface area contributed by atoms with Crippen molar-refractivity contribution in [3.05, 3.63) is 23.2 Å². The van der Waals surface area contributed by atoms with Crippen molar-refractivity contribution in [2.45, 2.75) is 17.4 Å².